The first kappa shape index (κ1) is 9.99. The van der Waals surface area contributed by atoms with E-state index in [0.717, 1.165) is 0 Å². The van der Waals surface area contributed by atoms with Crippen molar-refractivity contribution in [3.05, 3.63) is 27.4 Å². The van der Waals surface area contributed by atoms with Crippen LogP contribution in [0.3, 0.4) is 0 Å². The van der Waals surface area contributed by atoms with E-state index in [2.05, 4.69) is 15.9 Å². The van der Waals surface area contributed by atoms with Crippen molar-refractivity contribution in [2.24, 2.45) is 0 Å². The summed E-state index contributed by atoms with van der Waals surface area (Å²) < 4.78 is 13.5. The van der Waals surface area contributed by atoms with Crippen LogP contribution in [0.25, 0.3) is 0 Å². The van der Waals surface area contributed by atoms with Crippen LogP contribution in [-0.2, 0) is 0 Å². The van der Waals surface area contributed by atoms with Crippen LogP contribution in [-0.4, -0.2) is 17.2 Å². The molecule has 2 nitrogen and oxygen atoms in total. The first-order valence-electron chi connectivity index (χ1n) is 3.03. The molecule has 1 aromatic carbocycles. The van der Waals surface area contributed by atoms with E-state index in [-0.39, 0.29) is 10.5 Å². The summed E-state index contributed by atoms with van der Waals surface area (Å²) in [6.45, 7) is 0. The van der Waals surface area contributed by atoms with E-state index in [0.29, 0.717) is 4.47 Å². The maximum atomic E-state index is 13.0. The van der Waals surface area contributed by atoms with Crippen molar-refractivity contribution < 1.29 is 14.4 Å². The fourth-order valence-electron chi connectivity index (χ4n) is 0.764. The molecule has 0 amide bonds. The lowest BCUT2D eigenvalue weighted by atomic mass is 9.80. The van der Waals surface area contributed by atoms with E-state index in [4.69, 9.17) is 21.6 Å². The van der Waals surface area contributed by atoms with E-state index >= 15 is 0 Å². The minimum atomic E-state index is -1.85. The van der Waals surface area contributed by atoms with E-state index in [1.165, 1.54) is 12.1 Å². The predicted octanol–water partition coefficient (Wildman–Crippen LogP) is 0.921. The smallest absolute Gasteiger partial charge is 0.423 e. The zero-order valence-corrected chi connectivity index (χ0v) is 8.10. The minimum Gasteiger partial charge on any atom is -0.423 e. The highest BCUT2D eigenvalue weighted by atomic mass is 79.9. The predicted molar refractivity (Wildman–Crippen MR) is 48.9 cm³/mol. The average molecular weight is 253 g/mol. The molecule has 0 radical (unpaired) electrons. The van der Waals surface area contributed by atoms with Gasteiger partial charge < -0.3 is 10.0 Å². The minimum absolute atomic E-state index is 0.146. The van der Waals surface area contributed by atoms with Gasteiger partial charge in [0.05, 0.1) is 5.02 Å². The van der Waals surface area contributed by atoms with Crippen LogP contribution in [0.1, 0.15) is 0 Å². The van der Waals surface area contributed by atoms with Crippen LogP contribution in [0.5, 0.6) is 0 Å². The normalized spacial score (nSPS) is 10.1. The summed E-state index contributed by atoms with van der Waals surface area (Å²) >= 11 is 8.48. The fraction of sp³-hybridized carbons (Fsp3) is 0. The van der Waals surface area contributed by atoms with Gasteiger partial charge in [-0.2, -0.15) is 0 Å². The molecule has 6 heteroatoms. The molecule has 0 aliphatic carbocycles. The van der Waals surface area contributed by atoms with Crippen LogP contribution in [0.2, 0.25) is 5.02 Å². The maximum absolute atomic E-state index is 13.0. The van der Waals surface area contributed by atoms with Crippen molar-refractivity contribution in [3.8, 4) is 0 Å². The van der Waals surface area contributed by atoms with E-state index in [1.807, 2.05) is 0 Å². The fourth-order valence-corrected chi connectivity index (χ4v) is 1.60. The lowest BCUT2D eigenvalue weighted by Gasteiger charge is -2.03. The molecule has 12 heavy (non-hydrogen) atoms. The molecule has 0 saturated carbocycles. The third kappa shape index (κ3) is 1.98. The molecule has 0 fully saturated rings. The van der Waals surface area contributed by atoms with Crippen LogP contribution < -0.4 is 5.46 Å². The Morgan fingerprint density at radius 3 is 2.50 bits per heavy atom. The van der Waals surface area contributed by atoms with Gasteiger partial charge in [-0.15, -0.1) is 0 Å². The Kier molecular flexibility index (Phi) is 3.12. The van der Waals surface area contributed by atoms with Crippen molar-refractivity contribution in [2.75, 3.05) is 0 Å². The zero-order valence-electron chi connectivity index (χ0n) is 5.76. The molecule has 0 heterocycles. The van der Waals surface area contributed by atoms with Gasteiger partial charge in [0.25, 0.3) is 0 Å². The van der Waals surface area contributed by atoms with Crippen LogP contribution in [0.4, 0.5) is 4.39 Å². The Morgan fingerprint density at radius 1 is 1.42 bits per heavy atom. The van der Waals surface area contributed by atoms with Gasteiger partial charge in [0.15, 0.2) is 0 Å². The summed E-state index contributed by atoms with van der Waals surface area (Å²) in [5, 5.41) is 17.2. The second-order valence-corrected chi connectivity index (χ2v) is 3.49. The summed E-state index contributed by atoms with van der Waals surface area (Å²) in [4.78, 5) is 0. The lowest BCUT2D eigenvalue weighted by Crippen LogP contribution is -2.32. The van der Waals surface area contributed by atoms with E-state index in [1.54, 1.807) is 0 Å². The zero-order chi connectivity index (χ0) is 9.30. The monoisotopic (exact) mass is 252 g/mol. The molecule has 1 aromatic rings. The standard InChI is InChI=1S/C6H4BBrClFO2/c8-3-1-4(7(11)12)6(10)5(9)2-3/h1-2,11-12H. The summed E-state index contributed by atoms with van der Waals surface area (Å²) in [5.74, 6) is -0.810. The number of hydrogen-bond acceptors (Lipinski definition) is 2. The number of benzene rings is 1. The third-order valence-corrected chi connectivity index (χ3v) is 2.03. The quantitative estimate of drug-likeness (QED) is 0.577. The Morgan fingerprint density at radius 2 is 2.00 bits per heavy atom. The molecular weight excluding hydrogens is 249 g/mol. The molecule has 0 aliphatic heterocycles. The van der Waals surface area contributed by atoms with Gasteiger partial charge in [-0.1, -0.05) is 27.5 Å². The molecule has 0 saturated heterocycles. The molecule has 0 spiro atoms. The molecule has 0 aromatic heterocycles. The molecule has 0 unspecified atom stereocenters. The Hall–Kier alpha value is -0.0951. The molecule has 0 aliphatic rings. The molecule has 0 atom stereocenters. The van der Waals surface area contributed by atoms with Crippen molar-refractivity contribution in [1.29, 1.82) is 0 Å². The molecule has 0 bridgehead atoms. The first-order chi connectivity index (χ1) is 5.52. The Balaban J connectivity index is 3.28. The first-order valence-corrected chi connectivity index (χ1v) is 4.20. The van der Waals surface area contributed by atoms with Gasteiger partial charge in [0, 0.05) is 9.94 Å². The van der Waals surface area contributed by atoms with E-state index < -0.39 is 12.9 Å². The Labute approximate surface area is 82.2 Å². The van der Waals surface area contributed by atoms with Crippen molar-refractivity contribution in [2.45, 2.75) is 0 Å². The van der Waals surface area contributed by atoms with E-state index in [9.17, 15) is 4.39 Å². The van der Waals surface area contributed by atoms with Crippen molar-refractivity contribution >= 4 is 40.1 Å². The second kappa shape index (κ2) is 3.74. The van der Waals surface area contributed by atoms with Gasteiger partial charge in [-0.3, -0.25) is 0 Å². The highest BCUT2D eigenvalue weighted by Crippen LogP contribution is 2.18. The van der Waals surface area contributed by atoms with Crippen molar-refractivity contribution in [3.63, 3.8) is 0 Å². The van der Waals surface area contributed by atoms with Crippen LogP contribution in [0, 0.1) is 5.82 Å². The number of rotatable bonds is 1. The molecule has 1 rings (SSSR count). The molecular formula is C6H4BBrClFO2. The van der Waals surface area contributed by atoms with Gasteiger partial charge in [0.2, 0.25) is 0 Å². The van der Waals surface area contributed by atoms with Crippen LogP contribution >= 0.6 is 27.5 Å². The largest absolute Gasteiger partial charge is 0.491 e. The van der Waals surface area contributed by atoms with Gasteiger partial charge in [-0.25, -0.2) is 4.39 Å². The number of hydrogen-bond donors (Lipinski definition) is 2. The molecule has 64 valence electrons. The van der Waals surface area contributed by atoms with Gasteiger partial charge >= 0.3 is 7.12 Å². The maximum Gasteiger partial charge on any atom is 0.491 e. The number of halogens is 3. The SMILES string of the molecule is OB(O)c1cc(Br)cc(Cl)c1F. The lowest BCUT2D eigenvalue weighted by molar-refractivity contribution is 0.423. The highest BCUT2D eigenvalue weighted by Gasteiger charge is 2.19. The highest BCUT2D eigenvalue weighted by molar-refractivity contribution is 9.10. The molecule has 2 N–H and O–H groups in total. The van der Waals surface area contributed by atoms with Gasteiger partial charge in [-0.05, 0) is 12.1 Å². The second-order valence-electron chi connectivity index (χ2n) is 2.16. The third-order valence-electron chi connectivity index (χ3n) is 1.30. The van der Waals surface area contributed by atoms with Gasteiger partial charge in [0.1, 0.15) is 5.82 Å². The Bertz CT molecular complexity index is 308. The van der Waals surface area contributed by atoms with Crippen molar-refractivity contribution in [1.82, 2.24) is 0 Å². The summed E-state index contributed by atoms with van der Waals surface area (Å²) in [6.07, 6.45) is 0. The van der Waals surface area contributed by atoms with Crippen LogP contribution in [0.15, 0.2) is 16.6 Å². The summed E-state index contributed by atoms with van der Waals surface area (Å²) in [5.41, 5.74) is -0.241. The summed E-state index contributed by atoms with van der Waals surface area (Å²) in [6, 6.07) is 2.59. The topological polar surface area (TPSA) is 40.5 Å². The average Bonchev–Trinajstić information content (AvgIpc) is 1.96. The summed E-state index contributed by atoms with van der Waals surface area (Å²) in [7, 11) is -1.85.